The van der Waals surface area contributed by atoms with Crippen LogP contribution >= 0.6 is 11.6 Å². The number of aryl methyl sites for hydroxylation is 1. The van der Waals surface area contributed by atoms with Crippen LogP contribution in [0, 0.1) is 11.3 Å². The second-order valence-corrected chi connectivity index (χ2v) is 6.50. The molecule has 0 N–H and O–H groups in total. The van der Waals surface area contributed by atoms with Crippen LogP contribution in [0.2, 0.25) is 5.02 Å². The van der Waals surface area contributed by atoms with E-state index in [9.17, 15) is 0 Å². The first-order valence-corrected chi connectivity index (χ1v) is 7.15. The molecule has 5 heteroatoms. The molecule has 0 amide bonds. The summed E-state index contributed by atoms with van der Waals surface area (Å²) in [6.07, 6.45) is 1.13. The fourth-order valence-corrected chi connectivity index (χ4v) is 2.37. The molecular weight excluding hydrogens is 272 g/mol. The number of hydrogen-bond donors (Lipinski definition) is 0. The first kappa shape index (κ1) is 15.4. The quantitative estimate of drug-likeness (QED) is 0.804. The molecule has 0 spiro atoms. The summed E-state index contributed by atoms with van der Waals surface area (Å²) in [5.74, 6) is 0. The summed E-state index contributed by atoms with van der Waals surface area (Å²) in [4.78, 5) is 0. The van der Waals surface area contributed by atoms with Crippen molar-refractivity contribution in [1.82, 2.24) is 0 Å². The first-order chi connectivity index (χ1) is 9.27. The number of nitriles is 1. The minimum atomic E-state index is -0.400. The molecule has 1 aromatic rings. The Hall–Kier alpha value is -1.02. The van der Waals surface area contributed by atoms with Crippen molar-refractivity contribution in [3.63, 3.8) is 0 Å². The van der Waals surface area contributed by atoms with E-state index < -0.39 is 7.12 Å². The number of hydrogen-bond acceptors (Lipinski definition) is 3. The number of rotatable bonds is 3. The van der Waals surface area contributed by atoms with Crippen molar-refractivity contribution >= 4 is 24.2 Å². The Morgan fingerprint density at radius 3 is 2.30 bits per heavy atom. The average Bonchev–Trinajstić information content (AvgIpc) is 2.57. The van der Waals surface area contributed by atoms with Crippen LogP contribution in [0.25, 0.3) is 0 Å². The third-order valence-corrected chi connectivity index (χ3v) is 4.46. The van der Waals surface area contributed by atoms with E-state index in [1.165, 1.54) is 0 Å². The third-order valence-electron chi connectivity index (χ3n) is 4.11. The van der Waals surface area contributed by atoms with E-state index in [-0.39, 0.29) is 11.2 Å². The topological polar surface area (TPSA) is 42.2 Å². The normalized spacial score (nSPS) is 19.9. The standard InChI is InChI=1S/C15H19BClNO2/c1-14(2)15(3,4)20-16(19-14)12-8-7-11(6-5-9-18)13(17)10-12/h7-8,10H,5-6H2,1-4H3. The SMILES string of the molecule is CC1(C)OB(c2ccc(CCC#N)c(Cl)c2)OC1(C)C. The van der Waals surface area contributed by atoms with Crippen molar-refractivity contribution in [2.45, 2.75) is 51.7 Å². The molecule has 2 rings (SSSR count). The van der Waals surface area contributed by atoms with Gasteiger partial charge in [0.2, 0.25) is 0 Å². The van der Waals surface area contributed by atoms with E-state index in [1.54, 1.807) is 0 Å². The lowest BCUT2D eigenvalue weighted by atomic mass is 9.78. The second kappa shape index (κ2) is 5.40. The van der Waals surface area contributed by atoms with E-state index in [0.29, 0.717) is 17.9 Å². The van der Waals surface area contributed by atoms with Gasteiger partial charge in [0.1, 0.15) is 0 Å². The summed E-state index contributed by atoms with van der Waals surface area (Å²) >= 11 is 6.27. The molecule has 0 aliphatic carbocycles. The highest BCUT2D eigenvalue weighted by atomic mass is 35.5. The van der Waals surface area contributed by atoms with Crippen LogP contribution in [-0.2, 0) is 15.7 Å². The number of nitrogens with zero attached hydrogens (tertiary/aromatic N) is 1. The van der Waals surface area contributed by atoms with Crippen molar-refractivity contribution in [1.29, 1.82) is 5.26 Å². The largest absolute Gasteiger partial charge is 0.494 e. The van der Waals surface area contributed by atoms with Gasteiger partial charge in [0.25, 0.3) is 0 Å². The monoisotopic (exact) mass is 291 g/mol. The predicted molar refractivity (Wildman–Crippen MR) is 81.1 cm³/mol. The Labute approximate surface area is 126 Å². The maximum Gasteiger partial charge on any atom is 0.494 e. The van der Waals surface area contributed by atoms with Gasteiger partial charge < -0.3 is 9.31 Å². The molecule has 106 valence electrons. The maximum atomic E-state index is 8.63. The predicted octanol–water partition coefficient (Wildman–Crippen LogP) is 3.10. The highest BCUT2D eigenvalue weighted by Crippen LogP contribution is 2.36. The minimum absolute atomic E-state index is 0.358. The summed E-state index contributed by atoms with van der Waals surface area (Å²) in [6, 6.07) is 7.90. The molecule has 0 aromatic heterocycles. The van der Waals surface area contributed by atoms with Crippen LogP contribution in [-0.4, -0.2) is 18.3 Å². The van der Waals surface area contributed by atoms with Crippen molar-refractivity contribution < 1.29 is 9.31 Å². The lowest BCUT2D eigenvalue weighted by molar-refractivity contribution is 0.00578. The van der Waals surface area contributed by atoms with E-state index in [2.05, 4.69) is 6.07 Å². The molecule has 0 atom stereocenters. The summed E-state index contributed by atoms with van der Waals surface area (Å²) < 4.78 is 12.0. The Morgan fingerprint density at radius 2 is 1.80 bits per heavy atom. The van der Waals surface area contributed by atoms with Crippen molar-refractivity contribution in [2.75, 3.05) is 0 Å². The van der Waals surface area contributed by atoms with Crippen molar-refractivity contribution in [3.8, 4) is 6.07 Å². The van der Waals surface area contributed by atoms with Crippen LogP contribution in [0.1, 0.15) is 39.7 Å². The van der Waals surface area contributed by atoms with E-state index in [0.717, 1.165) is 11.0 Å². The Balaban J connectivity index is 2.20. The molecule has 3 nitrogen and oxygen atoms in total. The highest BCUT2D eigenvalue weighted by Gasteiger charge is 2.51. The molecule has 1 aromatic carbocycles. The molecule has 1 fully saturated rings. The first-order valence-electron chi connectivity index (χ1n) is 6.78. The van der Waals surface area contributed by atoms with Crippen molar-refractivity contribution in [3.05, 3.63) is 28.8 Å². The van der Waals surface area contributed by atoms with Gasteiger partial charge in [-0.1, -0.05) is 23.7 Å². The van der Waals surface area contributed by atoms with Crippen molar-refractivity contribution in [2.24, 2.45) is 0 Å². The van der Waals surface area contributed by atoms with E-state index in [1.807, 2.05) is 45.9 Å². The van der Waals surface area contributed by atoms with Crippen LogP contribution in [0.4, 0.5) is 0 Å². The van der Waals surface area contributed by atoms with Gasteiger partial charge in [-0.05, 0) is 51.2 Å². The van der Waals surface area contributed by atoms with Gasteiger partial charge >= 0.3 is 7.12 Å². The zero-order valence-corrected chi connectivity index (χ0v) is 13.1. The van der Waals surface area contributed by atoms with Crippen LogP contribution in [0.5, 0.6) is 0 Å². The van der Waals surface area contributed by atoms with Crippen LogP contribution in [0.15, 0.2) is 18.2 Å². The molecule has 0 bridgehead atoms. The smallest absolute Gasteiger partial charge is 0.399 e. The molecular formula is C15H19BClNO2. The molecule has 1 heterocycles. The van der Waals surface area contributed by atoms with Gasteiger partial charge in [0.05, 0.1) is 17.3 Å². The molecule has 0 saturated carbocycles. The van der Waals surface area contributed by atoms with Gasteiger partial charge in [-0.3, -0.25) is 0 Å². The van der Waals surface area contributed by atoms with Gasteiger partial charge in [0.15, 0.2) is 0 Å². The highest BCUT2D eigenvalue weighted by molar-refractivity contribution is 6.62. The van der Waals surface area contributed by atoms with Crippen LogP contribution in [0.3, 0.4) is 0 Å². The van der Waals surface area contributed by atoms with Gasteiger partial charge in [-0.2, -0.15) is 5.26 Å². The lowest BCUT2D eigenvalue weighted by Gasteiger charge is -2.32. The molecule has 1 saturated heterocycles. The van der Waals surface area contributed by atoms with Crippen LogP contribution < -0.4 is 5.46 Å². The molecule has 1 aliphatic heterocycles. The second-order valence-electron chi connectivity index (χ2n) is 6.10. The summed E-state index contributed by atoms with van der Waals surface area (Å²) in [5, 5.41) is 9.29. The van der Waals surface area contributed by atoms with E-state index in [4.69, 9.17) is 26.2 Å². The average molecular weight is 292 g/mol. The number of benzene rings is 1. The molecule has 20 heavy (non-hydrogen) atoms. The zero-order valence-electron chi connectivity index (χ0n) is 12.4. The van der Waals surface area contributed by atoms with Gasteiger partial charge in [0, 0.05) is 11.4 Å². The van der Waals surface area contributed by atoms with Gasteiger partial charge in [-0.15, -0.1) is 0 Å². The summed E-state index contributed by atoms with van der Waals surface area (Å²) in [6.45, 7) is 8.09. The maximum absolute atomic E-state index is 8.63. The van der Waals surface area contributed by atoms with Gasteiger partial charge in [-0.25, -0.2) is 0 Å². The minimum Gasteiger partial charge on any atom is -0.399 e. The Morgan fingerprint density at radius 1 is 1.20 bits per heavy atom. The number of halogens is 1. The molecule has 0 unspecified atom stereocenters. The zero-order chi connectivity index (χ0) is 15.0. The fourth-order valence-electron chi connectivity index (χ4n) is 2.08. The summed E-state index contributed by atoms with van der Waals surface area (Å²) in [7, 11) is -0.400. The fraction of sp³-hybridized carbons (Fsp3) is 0.533. The lowest BCUT2D eigenvalue weighted by Crippen LogP contribution is -2.41. The summed E-state index contributed by atoms with van der Waals surface area (Å²) in [5.41, 5.74) is 1.18. The molecule has 1 aliphatic rings. The Kier molecular flexibility index (Phi) is 4.15. The van der Waals surface area contributed by atoms with E-state index >= 15 is 0 Å². The molecule has 0 radical (unpaired) electrons. The third kappa shape index (κ3) is 2.86. The Bertz CT molecular complexity index is 535.